The number of aliphatic hydroxyl groups excluding tert-OH is 2. The number of nitriles is 1. The molecule has 0 spiro atoms. The second-order valence-electron chi connectivity index (χ2n) is 15.3. The van der Waals surface area contributed by atoms with Crippen LogP contribution >= 0.6 is 15.8 Å². The van der Waals surface area contributed by atoms with Crippen molar-refractivity contribution in [3.8, 4) is 6.07 Å². The van der Waals surface area contributed by atoms with E-state index in [0.717, 1.165) is 19.3 Å². The number of aromatic nitrogens is 3. The molecule has 1 unspecified atom stereocenters. The van der Waals surface area contributed by atoms with Gasteiger partial charge in [-0.2, -0.15) is 10.4 Å². The van der Waals surface area contributed by atoms with Crippen molar-refractivity contribution in [2.45, 2.75) is 166 Å². The Morgan fingerprint density at radius 3 is 2.16 bits per heavy atom. The number of aliphatic hydroxyl groups is 2. The summed E-state index contributed by atoms with van der Waals surface area (Å²) in [6, 6.07) is 9.60. The van der Waals surface area contributed by atoms with Crippen molar-refractivity contribution in [2.24, 2.45) is 0 Å². The molecule has 0 amide bonds. The zero-order valence-corrected chi connectivity index (χ0v) is 35.2. The molecule has 6 atom stereocenters. The van der Waals surface area contributed by atoms with Crippen LogP contribution in [-0.4, -0.2) is 67.3 Å². The SMILES string of the molecule is CCCCCCCCCCCCCCCCCCC[C@H](COP(O)(=P)OC[C@H]1O[C@@](C)(c2ccc3c(N)ncnn23)[C@H](O)[C@@H]1O)OCc1ccc(C#N)c(F)c1. The van der Waals surface area contributed by atoms with Crippen LogP contribution in [0.25, 0.3) is 5.52 Å². The molecule has 1 aliphatic rings. The van der Waals surface area contributed by atoms with Crippen molar-refractivity contribution >= 4 is 27.1 Å². The van der Waals surface area contributed by atoms with Crippen LogP contribution < -0.4 is 5.73 Å². The van der Waals surface area contributed by atoms with Crippen molar-refractivity contribution in [2.75, 3.05) is 18.9 Å². The number of ether oxygens (including phenoxy) is 2. The Bertz CT molecular complexity index is 1710. The number of benzene rings is 1. The van der Waals surface area contributed by atoms with Crippen LogP contribution in [-0.2, 0) is 30.7 Å². The molecule has 1 aromatic carbocycles. The molecule has 0 bridgehead atoms. The molecule has 1 aliphatic heterocycles. The number of nitrogens with two attached hydrogens (primary N) is 1. The molecule has 56 heavy (non-hydrogen) atoms. The zero-order chi connectivity index (χ0) is 40.4. The van der Waals surface area contributed by atoms with E-state index in [1.54, 1.807) is 25.1 Å². The third-order valence-electron chi connectivity index (χ3n) is 10.8. The first-order chi connectivity index (χ1) is 27.0. The highest BCUT2D eigenvalue weighted by molar-refractivity contribution is 7.88. The fourth-order valence-electron chi connectivity index (χ4n) is 7.32. The molecule has 3 aromatic rings. The summed E-state index contributed by atoms with van der Waals surface area (Å²) in [7, 11) is -0.368. The Hall–Kier alpha value is -2.49. The topological polar surface area (TPSA) is 178 Å². The van der Waals surface area contributed by atoms with E-state index in [-0.39, 0.29) is 31.2 Å². The van der Waals surface area contributed by atoms with Crippen molar-refractivity contribution in [1.82, 2.24) is 14.6 Å². The highest BCUT2D eigenvalue weighted by Gasteiger charge is 2.54. The lowest BCUT2D eigenvalue weighted by atomic mass is 9.93. The monoisotopic (exact) mass is 819 g/mol. The summed E-state index contributed by atoms with van der Waals surface area (Å²) in [6.07, 6.45) is 19.5. The molecule has 5 N–H and O–H groups in total. The van der Waals surface area contributed by atoms with Gasteiger partial charge in [0.25, 0.3) is 7.23 Å². The van der Waals surface area contributed by atoms with Crippen molar-refractivity contribution in [3.63, 3.8) is 0 Å². The first-order valence-corrected chi connectivity index (χ1v) is 23.5. The summed E-state index contributed by atoms with van der Waals surface area (Å²) in [5.41, 5.74) is 6.13. The van der Waals surface area contributed by atoms with Gasteiger partial charge in [0.2, 0.25) is 0 Å². The van der Waals surface area contributed by atoms with E-state index >= 15 is 0 Å². The quantitative estimate of drug-likeness (QED) is 0.0406. The van der Waals surface area contributed by atoms with Gasteiger partial charge < -0.3 is 39.4 Å². The van der Waals surface area contributed by atoms with E-state index in [2.05, 4.69) is 25.5 Å². The van der Waals surface area contributed by atoms with Gasteiger partial charge >= 0.3 is 0 Å². The van der Waals surface area contributed by atoms with E-state index < -0.39 is 43.1 Å². The lowest BCUT2D eigenvalue weighted by molar-refractivity contribution is -0.0882. The summed E-state index contributed by atoms with van der Waals surface area (Å²) in [4.78, 5) is 15.1. The van der Waals surface area contributed by atoms with E-state index in [1.165, 1.54) is 113 Å². The summed E-state index contributed by atoms with van der Waals surface area (Å²) < 4.78 is 39.6. The number of nitrogens with zero attached hydrogens (tertiary/aromatic N) is 4. The Kier molecular flexibility index (Phi) is 19.6. The van der Waals surface area contributed by atoms with Crippen molar-refractivity contribution < 1.29 is 38.0 Å². The molecule has 312 valence electrons. The van der Waals surface area contributed by atoms with Crippen LogP contribution in [0.4, 0.5) is 10.2 Å². The Balaban J connectivity index is 1.19. The van der Waals surface area contributed by atoms with Crippen molar-refractivity contribution in [1.29, 1.82) is 5.26 Å². The minimum atomic E-state index is -3.62. The summed E-state index contributed by atoms with van der Waals surface area (Å²) >= 11 is 0. The molecule has 2 aromatic heterocycles. The first-order valence-electron chi connectivity index (χ1n) is 20.6. The Morgan fingerprint density at radius 2 is 1.57 bits per heavy atom. The zero-order valence-electron chi connectivity index (χ0n) is 33.3. The third-order valence-corrected chi connectivity index (χ3v) is 12.5. The maximum Gasteiger partial charge on any atom is 0.274 e. The second-order valence-corrected chi connectivity index (χ2v) is 18.5. The van der Waals surface area contributed by atoms with Gasteiger partial charge in [0.1, 0.15) is 47.6 Å². The van der Waals surface area contributed by atoms with E-state index in [1.807, 2.05) is 6.07 Å². The van der Waals surface area contributed by atoms with Gasteiger partial charge in [0.15, 0.2) is 5.82 Å². The maximum absolute atomic E-state index is 14.3. The molecule has 0 saturated carbocycles. The minimum absolute atomic E-state index is 0.0168. The fraction of sp³-hybridized carbons (Fsp3) is 0.683. The molecule has 1 saturated heterocycles. The molecule has 0 radical (unpaired) electrons. The van der Waals surface area contributed by atoms with Gasteiger partial charge in [0, 0.05) is 0 Å². The van der Waals surface area contributed by atoms with Crippen molar-refractivity contribution in [3.05, 3.63) is 59.3 Å². The summed E-state index contributed by atoms with van der Waals surface area (Å²) in [6.45, 7) is 3.68. The first kappa shape index (κ1) is 46.2. The van der Waals surface area contributed by atoms with E-state index in [9.17, 15) is 19.5 Å². The number of fused-ring (bicyclic) bond motifs is 1. The number of hydrogen-bond acceptors (Lipinski definition) is 10. The van der Waals surface area contributed by atoms with E-state index in [0.29, 0.717) is 23.2 Å². The normalized spacial score (nSPS) is 21.3. The Labute approximate surface area is 334 Å². The van der Waals surface area contributed by atoms with Gasteiger partial charge in [-0.25, -0.2) is 13.9 Å². The third kappa shape index (κ3) is 14.1. The molecule has 1 fully saturated rings. The molecule has 4 rings (SSSR count). The largest absolute Gasteiger partial charge is 0.387 e. The molecule has 3 heterocycles. The van der Waals surface area contributed by atoms with Crippen LogP contribution in [0.2, 0.25) is 0 Å². The van der Waals surface area contributed by atoms with Gasteiger partial charge in [0.05, 0.1) is 37.2 Å². The van der Waals surface area contributed by atoms with Gasteiger partial charge in [-0.3, -0.25) is 0 Å². The summed E-state index contributed by atoms with van der Waals surface area (Å²) in [5, 5.41) is 35.3. The number of rotatable bonds is 28. The van der Waals surface area contributed by atoms with Crippen LogP contribution in [0.3, 0.4) is 0 Å². The number of halogens is 1. The van der Waals surface area contributed by atoms with Crippen LogP contribution in [0.5, 0.6) is 0 Å². The smallest absolute Gasteiger partial charge is 0.274 e. The predicted octanol–water partition coefficient (Wildman–Crippen LogP) is 9.13. The van der Waals surface area contributed by atoms with Crippen LogP contribution in [0, 0.1) is 17.1 Å². The van der Waals surface area contributed by atoms with Gasteiger partial charge in [-0.05, 0) is 51.7 Å². The maximum atomic E-state index is 14.3. The standard InChI is InChI=1S/C41H64FN5O7P2/c1-3-4-5-6-7-8-9-10-11-12-13-14-15-16-17-18-19-20-33(51-27-31-21-22-32(26-43)34(42)25-31)28-52-56(50,55)53-29-36-38(48)39(49)41(2,54-36)37-24-23-35-40(44)45-30-46-47(35)37/h21-25,30,33,36,38-39,48-50,55H,3-20,27-29H2,1-2H3,(H2,44,45,46)/t33-,36-,38-,39-,41+,56?/m1/s1. The van der Waals surface area contributed by atoms with Crippen LogP contribution in [0.1, 0.15) is 146 Å². The highest BCUT2D eigenvalue weighted by Crippen LogP contribution is 2.51. The molecule has 12 nitrogen and oxygen atoms in total. The molecule has 0 aliphatic carbocycles. The highest BCUT2D eigenvalue weighted by atomic mass is 31.8. The Morgan fingerprint density at radius 1 is 0.964 bits per heavy atom. The van der Waals surface area contributed by atoms with Gasteiger partial charge in [-0.1, -0.05) is 122 Å². The van der Waals surface area contributed by atoms with E-state index in [4.69, 9.17) is 29.5 Å². The molecular weight excluding hydrogens is 755 g/mol. The number of anilines is 1. The molecule has 15 heteroatoms. The second kappa shape index (κ2) is 23.8. The summed E-state index contributed by atoms with van der Waals surface area (Å²) in [5.74, 6) is -0.353. The predicted molar refractivity (Wildman–Crippen MR) is 219 cm³/mol. The molecular formula is C41H64FN5O7P2. The number of nitrogen functional groups attached to an aromatic ring is 1. The number of unbranched alkanes of at least 4 members (excludes halogenated alkanes) is 16. The average Bonchev–Trinajstić information content (AvgIpc) is 3.72. The lowest BCUT2D eigenvalue weighted by Crippen LogP contribution is -2.39. The average molecular weight is 820 g/mol. The van der Waals surface area contributed by atoms with Crippen LogP contribution in [0.15, 0.2) is 36.7 Å². The fourth-order valence-corrected chi connectivity index (χ4v) is 8.56. The van der Waals surface area contributed by atoms with Gasteiger partial charge in [-0.15, -0.1) is 0 Å². The number of hydrogen-bond donors (Lipinski definition) is 4. The lowest BCUT2D eigenvalue weighted by Gasteiger charge is -2.27. The minimum Gasteiger partial charge on any atom is -0.387 e.